The minimum atomic E-state index is -0.488. The number of hydrogen-bond acceptors (Lipinski definition) is 4. The zero-order valence-electron chi connectivity index (χ0n) is 7.74. The van der Waals surface area contributed by atoms with E-state index in [9.17, 15) is 4.79 Å². The molecule has 0 aliphatic heterocycles. The molecule has 0 spiro atoms. The maximum absolute atomic E-state index is 10.9. The third-order valence-electron chi connectivity index (χ3n) is 1.80. The average molecular weight is 202 g/mol. The Morgan fingerprint density at radius 3 is 2.73 bits per heavy atom. The fourth-order valence-electron chi connectivity index (χ4n) is 1.11. The Balaban J connectivity index is 2.46. The fourth-order valence-corrected chi connectivity index (χ4v) is 1.11. The zero-order valence-corrected chi connectivity index (χ0v) is 7.74. The summed E-state index contributed by atoms with van der Waals surface area (Å²) in [5.41, 5.74) is 5.56. The van der Waals surface area contributed by atoms with Gasteiger partial charge in [-0.3, -0.25) is 4.79 Å². The van der Waals surface area contributed by atoms with Crippen molar-refractivity contribution in [3.05, 3.63) is 42.7 Å². The lowest BCUT2D eigenvalue weighted by atomic mass is 10.3. The number of aromatic nitrogens is 4. The van der Waals surface area contributed by atoms with E-state index in [4.69, 9.17) is 5.73 Å². The van der Waals surface area contributed by atoms with Gasteiger partial charge in [-0.05, 0) is 12.1 Å². The van der Waals surface area contributed by atoms with Crippen molar-refractivity contribution in [1.29, 1.82) is 0 Å². The second-order valence-electron chi connectivity index (χ2n) is 2.80. The van der Waals surface area contributed by atoms with Crippen LogP contribution in [0.4, 0.5) is 0 Å². The van der Waals surface area contributed by atoms with Gasteiger partial charge in [0.1, 0.15) is 0 Å². The van der Waals surface area contributed by atoms with Crippen LogP contribution in [0.25, 0.3) is 5.95 Å². The van der Waals surface area contributed by atoms with E-state index in [0.29, 0.717) is 11.5 Å². The SMILES string of the molecule is NC(=O)c1ccc[n+](-c2ncncn2)c1. The molecule has 2 heterocycles. The number of nitrogens with zero attached hydrogens (tertiary/aromatic N) is 4. The molecule has 0 aliphatic rings. The van der Waals surface area contributed by atoms with Crippen molar-refractivity contribution in [3.8, 4) is 5.95 Å². The Hall–Kier alpha value is -2.37. The topological polar surface area (TPSA) is 85.6 Å². The summed E-state index contributed by atoms with van der Waals surface area (Å²) in [6.07, 6.45) is 6.05. The Labute approximate surface area is 85.4 Å². The third-order valence-corrected chi connectivity index (χ3v) is 1.80. The quantitative estimate of drug-likeness (QED) is 0.649. The van der Waals surface area contributed by atoms with Gasteiger partial charge in [-0.1, -0.05) is 9.97 Å². The van der Waals surface area contributed by atoms with Gasteiger partial charge in [0, 0.05) is 0 Å². The van der Waals surface area contributed by atoms with Crippen molar-refractivity contribution in [3.63, 3.8) is 0 Å². The van der Waals surface area contributed by atoms with Crippen molar-refractivity contribution in [1.82, 2.24) is 15.0 Å². The molecule has 2 rings (SSSR count). The van der Waals surface area contributed by atoms with Crippen LogP contribution >= 0.6 is 0 Å². The molecule has 2 aromatic heterocycles. The Bertz CT molecular complexity index is 485. The molecule has 0 saturated heterocycles. The first kappa shape index (κ1) is 9.20. The molecule has 6 heteroatoms. The fraction of sp³-hybridized carbons (Fsp3) is 0. The number of primary amides is 1. The molecule has 0 saturated carbocycles. The summed E-state index contributed by atoms with van der Waals surface area (Å²) in [6, 6.07) is 3.32. The molecule has 6 nitrogen and oxygen atoms in total. The maximum Gasteiger partial charge on any atom is 0.440 e. The molecular formula is C9H8N5O+. The van der Waals surface area contributed by atoms with Crippen molar-refractivity contribution in [2.24, 2.45) is 5.73 Å². The summed E-state index contributed by atoms with van der Waals surface area (Å²) in [5.74, 6) is -0.0495. The van der Waals surface area contributed by atoms with Gasteiger partial charge in [0.05, 0.1) is 18.0 Å². The number of hydrogen-bond donors (Lipinski definition) is 1. The number of rotatable bonds is 2. The highest BCUT2D eigenvalue weighted by atomic mass is 16.1. The van der Waals surface area contributed by atoms with Crippen LogP contribution in [0.3, 0.4) is 0 Å². The zero-order chi connectivity index (χ0) is 10.7. The lowest BCUT2D eigenvalue weighted by Gasteiger charge is -1.96. The number of carbonyl (C=O) groups excluding carboxylic acids is 1. The van der Waals surface area contributed by atoms with Crippen LogP contribution in [0, 0.1) is 0 Å². The van der Waals surface area contributed by atoms with Gasteiger partial charge < -0.3 is 5.73 Å². The summed E-state index contributed by atoms with van der Waals surface area (Å²) >= 11 is 0. The molecule has 0 aromatic carbocycles. The predicted molar refractivity (Wildman–Crippen MR) is 49.9 cm³/mol. The highest BCUT2D eigenvalue weighted by Crippen LogP contribution is 1.94. The van der Waals surface area contributed by atoms with E-state index in [1.54, 1.807) is 29.1 Å². The van der Waals surface area contributed by atoms with E-state index in [1.807, 2.05) is 0 Å². The van der Waals surface area contributed by atoms with Crippen LogP contribution in [-0.2, 0) is 0 Å². The normalized spacial score (nSPS) is 9.87. The number of carbonyl (C=O) groups is 1. The van der Waals surface area contributed by atoms with Gasteiger partial charge in [0.25, 0.3) is 5.91 Å². The van der Waals surface area contributed by atoms with Crippen LogP contribution in [0.1, 0.15) is 10.4 Å². The summed E-state index contributed by atoms with van der Waals surface area (Å²) in [7, 11) is 0. The molecule has 0 radical (unpaired) electrons. The lowest BCUT2D eigenvalue weighted by molar-refractivity contribution is -0.603. The van der Waals surface area contributed by atoms with Crippen molar-refractivity contribution in [2.75, 3.05) is 0 Å². The molecule has 15 heavy (non-hydrogen) atoms. The van der Waals surface area contributed by atoms with Gasteiger partial charge in [-0.25, -0.2) is 4.57 Å². The van der Waals surface area contributed by atoms with Crippen LogP contribution in [0.5, 0.6) is 0 Å². The molecule has 0 unspecified atom stereocenters. The van der Waals surface area contributed by atoms with Crippen LogP contribution in [0.2, 0.25) is 0 Å². The molecule has 0 atom stereocenters. The highest BCUT2D eigenvalue weighted by molar-refractivity contribution is 5.92. The number of nitrogens with two attached hydrogens (primary N) is 1. The highest BCUT2D eigenvalue weighted by Gasteiger charge is 2.09. The number of pyridine rings is 1. The van der Waals surface area contributed by atoms with E-state index in [-0.39, 0.29) is 0 Å². The molecule has 2 N–H and O–H groups in total. The molecule has 0 aliphatic carbocycles. The van der Waals surface area contributed by atoms with Crippen LogP contribution in [0.15, 0.2) is 37.2 Å². The largest absolute Gasteiger partial charge is 0.440 e. The van der Waals surface area contributed by atoms with Gasteiger partial charge >= 0.3 is 5.95 Å². The number of amides is 1. The smallest absolute Gasteiger partial charge is 0.366 e. The first-order chi connectivity index (χ1) is 7.27. The van der Waals surface area contributed by atoms with Crippen molar-refractivity contribution < 1.29 is 9.36 Å². The first-order valence-corrected chi connectivity index (χ1v) is 4.21. The Kier molecular flexibility index (Phi) is 2.32. The van der Waals surface area contributed by atoms with E-state index < -0.39 is 5.91 Å². The maximum atomic E-state index is 10.9. The second-order valence-corrected chi connectivity index (χ2v) is 2.80. The summed E-state index contributed by atoms with van der Waals surface area (Å²) < 4.78 is 1.60. The summed E-state index contributed by atoms with van der Waals surface area (Å²) in [5, 5.41) is 0. The molecule has 0 bridgehead atoms. The predicted octanol–water partition coefficient (Wildman–Crippen LogP) is -0.753. The van der Waals surface area contributed by atoms with Gasteiger partial charge in [0.2, 0.25) is 0 Å². The Morgan fingerprint density at radius 2 is 2.07 bits per heavy atom. The van der Waals surface area contributed by atoms with Crippen LogP contribution < -0.4 is 10.3 Å². The van der Waals surface area contributed by atoms with Gasteiger partial charge in [-0.2, -0.15) is 4.98 Å². The van der Waals surface area contributed by atoms with Crippen LogP contribution in [-0.4, -0.2) is 20.9 Å². The van der Waals surface area contributed by atoms with Crippen molar-refractivity contribution in [2.45, 2.75) is 0 Å². The monoisotopic (exact) mass is 202 g/mol. The molecular weight excluding hydrogens is 194 g/mol. The minimum Gasteiger partial charge on any atom is -0.366 e. The molecule has 74 valence electrons. The van der Waals surface area contributed by atoms with E-state index >= 15 is 0 Å². The molecule has 2 aromatic rings. The molecule has 1 amide bonds. The molecule has 0 fully saturated rings. The first-order valence-electron chi connectivity index (χ1n) is 4.21. The van der Waals surface area contributed by atoms with Crippen molar-refractivity contribution >= 4 is 5.91 Å². The third kappa shape index (κ3) is 1.93. The average Bonchev–Trinajstić information content (AvgIpc) is 2.30. The standard InChI is InChI=1S/C9H7N5O/c10-8(15)7-2-1-3-14(4-7)9-12-5-11-6-13-9/h1-6H,(H-,10,15)/p+1. The summed E-state index contributed by atoms with van der Waals surface area (Å²) in [4.78, 5) is 22.5. The summed E-state index contributed by atoms with van der Waals surface area (Å²) in [6.45, 7) is 0. The van der Waals surface area contributed by atoms with E-state index in [0.717, 1.165) is 0 Å². The van der Waals surface area contributed by atoms with Gasteiger partial charge in [-0.15, -0.1) is 0 Å². The lowest BCUT2D eigenvalue weighted by Crippen LogP contribution is -2.34. The van der Waals surface area contributed by atoms with E-state index in [2.05, 4.69) is 15.0 Å². The van der Waals surface area contributed by atoms with Gasteiger partial charge in [0.15, 0.2) is 12.7 Å². The minimum absolute atomic E-state index is 0.401. The second kappa shape index (κ2) is 3.79. The van der Waals surface area contributed by atoms with E-state index in [1.165, 1.54) is 12.7 Å². The Morgan fingerprint density at radius 1 is 1.33 bits per heavy atom.